The summed E-state index contributed by atoms with van der Waals surface area (Å²) in [5.74, 6) is -0.398. The fourth-order valence-corrected chi connectivity index (χ4v) is 4.24. The van der Waals surface area contributed by atoms with E-state index in [0.717, 1.165) is 25.7 Å². The Labute approximate surface area is 148 Å². The zero-order valence-corrected chi connectivity index (χ0v) is 14.2. The number of amides is 1. The van der Waals surface area contributed by atoms with Crippen LogP contribution in [-0.2, 0) is 9.53 Å². The summed E-state index contributed by atoms with van der Waals surface area (Å²) >= 11 is 0. The quantitative estimate of drug-likeness (QED) is 0.828. The van der Waals surface area contributed by atoms with E-state index in [1.54, 1.807) is 6.08 Å². The van der Waals surface area contributed by atoms with Crippen molar-refractivity contribution in [2.75, 3.05) is 7.05 Å². The fraction of sp³-hybridized carbons (Fsp3) is 0.588. The number of hydrogen-bond donors (Lipinski definition) is 1. The van der Waals surface area contributed by atoms with Crippen molar-refractivity contribution in [3.8, 4) is 0 Å². The third-order valence-corrected chi connectivity index (χ3v) is 5.52. The van der Waals surface area contributed by atoms with Crippen LogP contribution in [0.3, 0.4) is 0 Å². The molecule has 0 aromatic rings. The molecule has 1 aliphatic carbocycles. The van der Waals surface area contributed by atoms with Crippen LogP contribution in [0.2, 0.25) is 0 Å². The smallest absolute Gasteiger partial charge is 0.348 e. The lowest BCUT2D eigenvalue weighted by Gasteiger charge is -2.36. The predicted octanol–water partition coefficient (Wildman–Crippen LogP) is 1.94. The second-order valence-corrected chi connectivity index (χ2v) is 7.08. The monoisotopic (exact) mass is 368 g/mol. The third-order valence-electron chi connectivity index (χ3n) is 5.52. The number of alkyl halides is 3. The highest BCUT2D eigenvalue weighted by Crippen LogP contribution is 2.34. The van der Waals surface area contributed by atoms with E-state index in [1.807, 2.05) is 0 Å². The molecule has 2 saturated heterocycles. The highest BCUT2D eigenvalue weighted by atomic mass is 19.4. The lowest BCUT2D eigenvalue weighted by Crippen LogP contribution is -2.50. The summed E-state index contributed by atoms with van der Waals surface area (Å²) in [6.07, 6.45) is 2.04. The molecule has 3 atom stereocenters. The predicted molar refractivity (Wildman–Crippen MR) is 88.8 cm³/mol. The Bertz CT molecular complexity index is 727. The van der Waals surface area contributed by atoms with E-state index in [-0.39, 0.29) is 23.0 Å². The maximum Gasteiger partial charge on any atom is 0.523 e. The second-order valence-electron chi connectivity index (χ2n) is 7.08. The first-order valence-electron chi connectivity index (χ1n) is 8.64. The average molecular weight is 368 g/mol. The van der Waals surface area contributed by atoms with Gasteiger partial charge in [0.1, 0.15) is 11.8 Å². The van der Waals surface area contributed by atoms with Crippen LogP contribution in [0.25, 0.3) is 0 Å². The molecule has 6 nitrogen and oxygen atoms in total. The van der Waals surface area contributed by atoms with Crippen LogP contribution in [0.4, 0.5) is 13.2 Å². The van der Waals surface area contributed by atoms with Crippen molar-refractivity contribution < 1.29 is 22.7 Å². The standard InChI is InChI=1S/C17H19F3N4O2/c1-24-10-5-6-11(24)8-9(7-10)21-16(25)15-12-3-2-4-13(14(12)22-23-15)26-17(18,19)20/h2-4,9-11,13H,5-8H2,1H3,(H,21,25). The van der Waals surface area contributed by atoms with E-state index in [1.165, 1.54) is 12.2 Å². The topological polar surface area (TPSA) is 66.3 Å². The number of halogens is 3. The van der Waals surface area contributed by atoms with Gasteiger partial charge in [0.15, 0.2) is 5.71 Å². The van der Waals surface area contributed by atoms with E-state index in [0.29, 0.717) is 12.1 Å². The van der Waals surface area contributed by atoms with Crippen molar-refractivity contribution in [2.45, 2.75) is 56.3 Å². The van der Waals surface area contributed by atoms with Crippen molar-refractivity contribution in [1.29, 1.82) is 0 Å². The first-order valence-corrected chi connectivity index (χ1v) is 8.64. The van der Waals surface area contributed by atoms with Crippen molar-refractivity contribution in [3.63, 3.8) is 0 Å². The summed E-state index contributed by atoms with van der Waals surface area (Å²) in [5.41, 5.74) is 0.347. The molecule has 4 aliphatic rings. The maximum atomic E-state index is 12.6. The number of hydrogen-bond acceptors (Lipinski definition) is 5. The van der Waals surface area contributed by atoms with Gasteiger partial charge >= 0.3 is 6.36 Å². The Morgan fingerprint density at radius 1 is 1.27 bits per heavy atom. The van der Waals surface area contributed by atoms with Crippen molar-refractivity contribution in [1.82, 2.24) is 10.2 Å². The molecule has 9 heteroatoms. The third kappa shape index (κ3) is 3.21. The minimum atomic E-state index is -4.79. The maximum absolute atomic E-state index is 12.6. The molecular weight excluding hydrogens is 349 g/mol. The van der Waals surface area contributed by atoms with E-state index < -0.39 is 18.4 Å². The molecule has 26 heavy (non-hydrogen) atoms. The largest absolute Gasteiger partial charge is 0.523 e. The molecule has 0 radical (unpaired) electrons. The lowest BCUT2D eigenvalue weighted by atomic mass is 9.94. The molecule has 3 unspecified atom stereocenters. The molecule has 2 fully saturated rings. The van der Waals surface area contributed by atoms with Crippen LogP contribution in [0, 0.1) is 0 Å². The number of carbonyl (C=O) groups is 1. The number of nitrogens with one attached hydrogen (secondary N) is 1. The number of nitrogens with zero attached hydrogens (tertiary/aromatic N) is 3. The van der Waals surface area contributed by atoms with Crippen LogP contribution in [0.5, 0.6) is 0 Å². The zero-order valence-electron chi connectivity index (χ0n) is 14.2. The van der Waals surface area contributed by atoms with Crippen LogP contribution in [0.1, 0.15) is 25.7 Å². The Balaban J connectivity index is 1.41. The Kier molecular flexibility index (Phi) is 4.23. The van der Waals surface area contributed by atoms with Gasteiger partial charge in [-0.25, -0.2) is 0 Å². The van der Waals surface area contributed by atoms with Gasteiger partial charge in [0.25, 0.3) is 5.91 Å². The summed E-state index contributed by atoms with van der Waals surface area (Å²) in [7, 11) is 2.11. The van der Waals surface area contributed by atoms with Gasteiger partial charge in [0.05, 0.1) is 0 Å². The molecule has 1 amide bonds. The van der Waals surface area contributed by atoms with Gasteiger partial charge in [-0.1, -0.05) is 12.2 Å². The summed E-state index contributed by atoms with van der Waals surface area (Å²) < 4.78 is 41.6. The number of piperidine rings is 1. The summed E-state index contributed by atoms with van der Waals surface area (Å²) in [4.78, 5) is 15.0. The van der Waals surface area contributed by atoms with E-state index in [9.17, 15) is 18.0 Å². The van der Waals surface area contributed by atoms with E-state index >= 15 is 0 Å². The van der Waals surface area contributed by atoms with Gasteiger partial charge in [-0.05, 0) is 38.8 Å². The second kappa shape index (κ2) is 6.31. The van der Waals surface area contributed by atoms with Crippen molar-refractivity contribution >= 4 is 17.3 Å². The molecule has 0 saturated carbocycles. The first-order chi connectivity index (χ1) is 12.3. The lowest BCUT2D eigenvalue weighted by molar-refractivity contribution is -0.328. The van der Waals surface area contributed by atoms with Crippen LogP contribution in [0.15, 0.2) is 34.0 Å². The minimum absolute atomic E-state index is 0.0124. The Morgan fingerprint density at radius 2 is 1.96 bits per heavy atom. The van der Waals surface area contributed by atoms with E-state index in [4.69, 9.17) is 0 Å². The fourth-order valence-electron chi connectivity index (χ4n) is 4.24. The van der Waals surface area contributed by atoms with Crippen LogP contribution >= 0.6 is 0 Å². The molecule has 0 aromatic carbocycles. The van der Waals surface area contributed by atoms with Gasteiger partial charge in [0, 0.05) is 23.7 Å². The highest BCUT2D eigenvalue weighted by Gasteiger charge is 2.42. The molecule has 0 spiro atoms. The van der Waals surface area contributed by atoms with Crippen LogP contribution in [-0.4, -0.2) is 59.9 Å². The molecule has 140 valence electrons. The molecule has 1 N–H and O–H groups in total. The number of carbonyl (C=O) groups excluding carboxylic acids is 1. The number of ether oxygens (including phenoxy) is 1. The molecule has 3 heterocycles. The summed E-state index contributed by atoms with van der Waals surface area (Å²) in [5, 5.41) is 10.6. The summed E-state index contributed by atoms with van der Waals surface area (Å²) in [6, 6.07) is 0.987. The zero-order chi connectivity index (χ0) is 18.5. The molecule has 4 rings (SSSR count). The van der Waals surface area contributed by atoms with Gasteiger partial charge in [-0.2, -0.15) is 5.10 Å². The van der Waals surface area contributed by atoms with Gasteiger partial charge in [-0.15, -0.1) is 18.3 Å². The molecule has 2 bridgehead atoms. The highest BCUT2D eigenvalue weighted by molar-refractivity contribution is 6.53. The van der Waals surface area contributed by atoms with Crippen LogP contribution < -0.4 is 5.32 Å². The first kappa shape index (κ1) is 17.4. The molecule has 0 aromatic heterocycles. The molecular formula is C17H19F3N4O2. The van der Waals surface area contributed by atoms with E-state index in [2.05, 4.69) is 32.2 Å². The van der Waals surface area contributed by atoms with Gasteiger partial charge < -0.3 is 10.2 Å². The SMILES string of the molecule is CN1C2CCC1CC(NC(=O)C1=NN=C3C1=CC=CC3OC(F)(F)F)C2. The van der Waals surface area contributed by atoms with Gasteiger partial charge in [0.2, 0.25) is 0 Å². The van der Waals surface area contributed by atoms with Gasteiger partial charge in [-0.3, -0.25) is 9.53 Å². The summed E-state index contributed by atoms with van der Waals surface area (Å²) in [6.45, 7) is 0. The Hall–Kier alpha value is -2.00. The van der Waals surface area contributed by atoms with Crippen molar-refractivity contribution in [3.05, 3.63) is 23.8 Å². The number of rotatable bonds is 3. The van der Waals surface area contributed by atoms with Crippen molar-refractivity contribution in [2.24, 2.45) is 10.2 Å². The minimum Gasteiger partial charge on any atom is -0.348 e. The molecule has 3 aliphatic heterocycles. The number of fused-ring (bicyclic) bond motifs is 3. The number of allylic oxidation sites excluding steroid dienone is 2. The average Bonchev–Trinajstić information content (AvgIpc) is 3.05. The Morgan fingerprint density at radius 3 is 2.62 bits per heavy atom. The normalized spacial score (nSPS) is 33.5.